The molecule has 0 aliphatic rings. The molecule has 1 aromatic rings. The summed E-state index contributed by atoms with van der Waals surface area (Å²) in [6.07, 6.45) is 0. The van der Waals surface area contributed by atoms with Gasteiger partial charge in [0.15, 0.2) is 0 Å². The van der Waals surface area contributed by atoms with E-state index in [1.54, 1.807) is 6.07 Å². The Bertz CT molecular complexity index is 585. The fourth-order valence-electron chi connectivity index (χ4n) is 1.70. The maximum Gasteiger partial charge on any atom is 0.213 e. The number of hydrogen-bond donors (Lipinski definition) is 3. The van der Waals surface area contributed by atoms with Crippen LogP contribution in [0.4, 0.5) is 5.69 Å². The first kappa shape index (κ1) is 15.8. The van der Waals surface area contributed by atoms with E-state index in [-0.39, 0.29) is 17.3 Å². The normalized spacial score (nSPS) is 11.3. The van der Waals surface area contributed by atoms with E-state index in [1.165, 1.54) is 7.05 Å². The van der Waals surface area contributed by atoms with Crippen molar-refractivity contribution in [3.05, 3.63) is 23.0 Å². The topological polar surface area (TPSA) is 97.1 Å². The van der Waals surface area contributed by atoms with E-state index in [9.17, 15) is 8.42 Å². The Labute approximate surface area is 118 Å². The molecule has 106 valence electrons. The third kappa shape index (κ3) is 4.41. The number of aryl methyl sites for hydroxylation is 2. The van der Waals surface area contributed by atoms with E-state index in [0.717, 1.165) is 11.4 Å². The molecule has 0 saturated carbocycles. The van der Waals surface area contributed by atoms with Crippen molar-refractivity contribution in [1.29, 1.82) is 0 Å². The molecular weight excluding hydrogens is 284 g/mol. The lowest BCUT2D eigenvalue weighted by Gasteiger charge is -2.14. The molecule has 1 aromatic heterocycles. The minimum Gasteiger partial charge on any atom is -0.389 e. The molecule has 6 nitrogen and oxygen atoms in total. The number of thiocarbonyl (C=S) groups is 1. The maximum atomic E-state index is 11.3. The highest BCUT2D eigenvalue weighted by Gasteiger charge is 2.12. The molecule has 0 atom stereocenters. The second-order valence-corrected chi connectivity index (χ2v) is 6.57. The first-order chi connectivity index (χ1) is 8.76. The molecule has 1 heterocycles. The highest BCUT2D eigenvalue weighted by molar-refractivity contribution is 7.89. The van der Waals surface area contributed by atoms with Gasteiger partial charge in [0.05, 0.1) is 11.3 Å². The van der Waals surface area contributed by atoms with Crippen LogP contribution in [0.15, 0.2) is 6.07 Å². The molecule has 19 heavy (non-hydrogen) atoms. The molecule has 1 rings (SSSR count). The van der Waals surface area contributed by atoms with Crippen LogP contribution in [0.5, 0.6) is 0 Å². The van der Waals surface area contributed by atoms with Crippen LogP contribution in [0.2, 0.25) is 0 Å². The van der Waals surface area contributed by atoms with E-state index >= 15 is 0 Å². The lowest BCUT2D eigenvalue weighted by atomic mass is 10.1. The Hall–Kier alpha value is -1.25. The van der Waals surface area contributed by atoms with Crippen LogP contribution in [0.1, 0.15) is 17.0 Å². The molecule has 0 amide bonds. The predicted octanol–water partition coefficient (Wildman–Crippen LogP) is 0.294. The van der Waals surface area contributed by atoms with Crippen molar-refractivity contribution >= 4 is 32.9 Å². The molecule has 0 aliphatic carbocycles. The Morgan fingerprint density at radius 1 is 1.47 bits per heavy atom. The molecule has 0 unspecified atom stereocenters. The van der Waals surface area contributed by atoms with Crippen molar-refractivity contribution in [3.63, 3.8) is 0 Å². The highest BCUT2D eigenvalue weighted by atomic mass is 32.2. The Balaban J connectivity index is 2.92. The molecule has 0 aromatic carbocycles. The number of nitrogens with two attached hydrogens (primary N) is 1. The molecule has 0 spiro atoms. The number of anilines is 1. The Morgan fingerprint density at radius 2 is 2.11 bits per heavy atom. The van der Waals surface area contributed by atoms with Gasteiger partial charge >= 0.3 is 0 Å². The number of sulfonamides is 1. The molecule has 0 bridgehead atoms. The number of nitrogens with zero attached hydrogens (tertiary/aromatic N) is 1. The van der Waals surface area contributed by atoms with Gasteiger partial charge in [0.25, 0.3) is 0 Å². The zero-order chi connectivity index (χ0) is 14.6. The average molecular weight is 302 g/mol. The van der Waals surface area contributed by atoms with Crippen LogP contribution in [0.25, 0.3) is 0 Å². The lowest BCUT2D eigenvalue weighted by Crippen LogP contribution is -2.27. The second-order valence-electron chi connectivity index (χ2n) is 4.09. The first-order valence-corrected chi connectivity index (χ1v) is 7.76. The molecule has 0 aliphatic heterocycles. The summed E-state index contributed by atoms with van der Waals surface area (Å²) in [4.78, 5) is 4.53. The fourth-order valence-corrected chi connectivity index (χ4v) is 2.53. The summed E-state index contributed by atoms with van der Waals surface area (Å²) >= 11 is 4.99. The van der Waals surface area contributed by atoms with E-state index < -0.39 is 10.0 Å². The minimum absolute atomic E-state index is 0.0271. The number of pyridine rings is 1. The van der Waals surface area contributed by atoms with Crippen LogP contribution in [-0.2, 0) is 10.0 Å². The third-order valence-corrected chi connectivity index (χ3v) is 4.14. The largest absolute Gasteiger partial charge is 0.389 e. The van der Waals surface area contributed by atoms with Crippen molar-refractivity contribution in [2.45, 2.75) is 13.8 Å². The Kier molecular flexibility index (Phi) is 5.21. The van der Waals surface area contributed by atoms with Crippen LogP contribution in [0, 0.1) is 13.8 Å². The van der Waals surface area contributed by atoms with Gasteiger partial charge < -0.3 is 11.1 Å². The van der Waals surface area contributed by atoms with Crippen molar-refractivity contribution in [2.75, 3.05) is 24.7 Å². The summed E-state index contributed by atoms with van der Waals surface area (Å²) in [5.41, 5.74) is 8.58. The molecule has 8 heteroatoms. The van der Waals surface area contributed by atoms with Crippen LogP contribution in [0.3, 0.4) is 0 Å². The summed E-state index contributed by atoms with van der Waals surface area (Å²) in [6.45, 7) is 3.94. The zero-order valence-corrected chi connectivity index (χ0v) is 12.8. The highest BCUT2D eigenvalue weighted by Crippen LogP contribution is 2.19. The van der Waals surface area contributed by atoms with Gasteiger partial charge in [-0.1, -0.05) is 12.2 Å². The average Bonchev–Trinajstić information content (AvgIpc) is 2.27. The summed E-state index contributed by atoms with van der Waals surface area (Å²) in [7, 11) is -1.85. The maximum absolute atomic E-state index is 11.3. The standard InChI is InChI=1S/C11H18N4O2S2/c1-7-6-9(10(11(12)18)8(2)15-7)14-4-5-19(16,17)13-3/h6,13H,4-5H2,1-3H3,(H2,12,18)(H,14,15). The molecular formula is C11H18N4O2S2. The summed E-state index contributed by atoms with van der Waals surface area (Å²) in [5.74, 6) is -0.0271. The van der Waals surface area contributed by atoms with Gasteiger partial charge in [-0.25, -0.2) is 13.1 Å². The van der Waals surface area contributed by atoms with Crippen molar-refractivity contribution in [1.82, 2.24) is 9.71 Å². The number of hydrogen-bond acceptors (Lipinski definition) is 5. The summed E-state index contributed by atoms with van der Waals surface area (Å²) in [5, 5.41) is 3.04. The number of rotatable bonds is 6. The van der Waals surface area contributed by atoms with Gasteiger partial charge in [0.1, 0.15) is 4.99 Å². The van der Waals surface area contributed by atoms with E-state index in [4.69, 9.17) is 18.0 Å². The van der Waals surface area contributed by atoms with Gasteiger partial charge in [-0.2, -0.15) is 0 Å². The monoisotopic (exact) mass is 302 g/mol. The van der Waals surface area contributed by atoms with Crippen LogP contribution >= 0.6 is 12.2 Å². The second kappa shape index (κ2) is 6.27. The van der Waals surface area contributed by atoms with Crippen molar-refractivity contribution in [3.8, 4) is 0 Å². The van der Waals surface area contributed by atoms with Crippen molar-refractivity contribution < 1.29 is 8.42 Å². The van der Waals surface area contributed by atoms with Gasteiger partial charge in [-0.05, 0) is 27.0 Å². The van der Waals surface area contributed by atoms with Crippen LogP contribution < -0.4 is 15.8 Å². The molecule has 0 saturated heterocycles. The third-order valence-electron chi connectivity index (χ3n) is 2.57. The predicted molar refractivity (Wildman–Crippen MR) is 80.9 cm³/mol. The van der Waals surface area contributed by atoms with Gasteiger partial charge in [-0.15, -0.1) is 0 Å². The minimum atomic E-state index is -3.24. The van der Waals surface area contributed by atoms with E-state index in [2.05, 4.69) is 15.0 Å². The van der Waals surface area contributed by atoms with E-state index in [0.29, 0.717) is 11.3 Å². The van der Waals surface area contributed by atoms with Crippen molar-refractivity contribution in [2.24, 2.45) is 5.73 Å². The van der Waals surface area contributed by atoms with Gasteiger partial charge in [0, 0.05) is 23.6 Å². The Morgan fingerprint density at radius 3 is 2.63 bits per heavy atom. The fraction of sp³-hybridized carbons (Fsp3) is 0.455. The zero-order valence-electron chi connectivity index (χ0n) is 11.1. The van der Waals surface area contributed by atoms with Crippen LogP contribution in [-0.4, -0.2) is 37.7 Å². The first-order valence-electron chi connectivity index (χ1n) is 5.70. The summed E-state index contributed by atoms with van der Waals surface area (Å²) < 4.78 is 24.9. The smallest absolute Gasteiger partial charge is 0.213 e. The quantitative estimate of drug-likeness (QED) is 0.654. The van der Waals surface area contributed by atoms with E-state index in [1.807, 2.05) is 13.8 Å². The van der Waals surface area contributed by atoms with Gasteiger partial charge in [-0.3, -0.25) is 4.98 Å². The number of aromatic nitrogens is 1. The molecule has 4 N–H and O–H groups in total. The lowest BCUT2D eigenvalue weighted by molar-refractivity contribution is 0.588. The number of nitrogens with one attached hydrogen (secondary N) is 2. The van der Waals surface area contributed by atoms with Gasteiger partial charge in [0.2, 0.25) is 10.0 Å². The molecule has 0 fully saturated rings. The summed E-state index contributed by atoms with van der Waals surface area (Å²) in [6, 6.07) is 1.80. The SMILES string of the molecule is CNS(=O)(=O)CCNc1cc(C)nc(C)c1C(N)=S. The molecule has 0 radical (unpaired) electrons.